The number of quaternary nitrogens is 1. The maximum atomic E-state index is 10.1. The number of benzene rings is 1. The molecule has 1 aromatic carbocycles. The highest BCUT2D eigenvalue weighted by atomic mass is 35.5. The van der Waals surface area contributed by atoms with Gasteiger partial charge in [-0.05, 0) is 18.6 Å². The molecule has 3 nitrogen and oxygen atoms in total. The first-order chi connectivity index (χ1) is 9.54. The lowest BCUT2D eigenvalue weighted by atomic mass is 9.92. The van der Waals surface area contributed by atoms with Crippen molar-refractivity contribution in [2.75, 3.05) is 26.2 Å². The average molecular weight is 299 g/mol. The van der Waals surface area contributed by atoms with Crippen molar-refractivity contribution in [1.29, 1.82) is 0 Å². The van der Waals surface area contributed by atoms with Gasteiger partial charge in [0.25, 0.3) is 0 Å². The number of hydrogen-bond donors (Lipinski definition) is 2. The van der Waals surface area contributed by atoms with Gasteiger partial charge in [0.15, 0.2) is 0 Å². The molecule has 1 aliphatic heterocycles. The largest absolute Gasteiger partial charge is 0.489 e. The van der Waals surface area contributed by atoms with Crippen LogP contribution < -0.4 is 9.64 Å². The summed E-state index contributed by atoms with van der Waals surface area (Å²) in [5, 5.41) is 10.7. The third kappa shape index (κ3) is 4.65. The molecule has 20 heavy (non-hydrogen) atoms. The van der Waals surface area contributed by atoms with Crippen LogP contribution >= 0.6 is 11.6 Å². The van der Waals surface area contributed by atoms with E-state index in [2.05, 4.69) is 13.8 Å². The van der Waals surface area contributed by atoms with E-state index in [0.29, 0.717) is 17.4 Å². The van der Waals surface area contributed by atoms with E-state index in [1.165, 1.54) is 11.3 Å². The third-order valence-electron chi connectivity index (χ3n) is 3.87. The first kappa shape index (κ1) is 15.6. The molecule has 2 N–H and O–H groups in total. The zero-order chi connectivity index (χ0) is 14.5. The number of aliphatic hydroxyl groups excluding tert-OH is 1. The van der Waals surface area contributed by atoms with Crippen molar-refractivity contribution in [2.24, 2.45) is 11.8 Å². The summed E-state index contributed by atoms with van der Waals surface area (Å²) in [6.07, 6.45) is 0.856. The molecule has 0 radical (unpaired) electrons. The Balaban J connectivity index is 1.78. The third-order valence-corrected chi connectivity index (χ3v) is 4.18. The molecule has 1 unspecified atom stereocenters. The van der Waals surface area contributed by atoms with E-state index < -0.39 is 6.10 Å². The SMILES string of the molecule is C[C@@H]1C[C@H](C)C[NH+](C[C@H](O)COc2ccccc2Cl)C1. The highest BCUT2D eigenvalue weighted by molar-refractivity contribution is 6.32. The van der Waals surface area contributed by atoms with Gasteiger partial charge in [-0.1, -0.05) is 37.6 Å². The molecular weight excluding hydrogens is 274 g/mol. The van der Waals surface area contributed by atoms with Gasteiger partial charge in [0.1, 0.15) is 25.0 Å². The fourth-order valence-corrected chi connectivity index (χ4v) is 3.42. The smallest absolute Gasteiger partial charge is 0.138 e. The maximum absolute atomic E-state index is 10.1. The van der Waals surface area contributed by atoms with E-state index >= 15 is 0 Å². The lowest BCUT2D eigenvalue weighted by Crippen LogP contribution is -3.15. The molecule has 2 rings (SSSR count). The van der Waals surface area contributed by atoms with Gasteiger partial charge in [0.2, 0.25) is 0 Å². The number of nitrogens with one attached hydrogen (secondary N) is 1. The van der Waals surface area contributed by atoms with Crippen molar-refractivity contribution >= 4 is 11.6 Å². The zero-order valence-corrected chi connectivity index (χ0v) is 13.1. The lowest BCUT2D eigenvalue weighted by molar-refractivity contribution is -0.915. The summed E-state index contributed by atoms with van der Waals surface area (Å²) < 4.78 is 5.60. The van der Waals surface area contributed by atoms with Crippen molar-refractivity contribution < 1.29 is 14.7 Å². The van der Waals surface area contributed by atoms with E-state index in [9.17, 15) is 5.11 Å². The van der Waals surface area contributed by atoms with Crippen LogP contribution in [-0.2, 0) is 0 Å². The molecule has 0 aliphatic carbocycles. The van der Waals surface area contributed by atoms with Gasteiger partial charge in [0, 0.05) is 11.8 Å². The molecular formula is C16H25ClNO2+. The van der Waals surface area contributed by atoms with Gasteiger partial charge < -0.3 is 14.7 Å². The van der Waals surface area contributed by atoms with Crippen LogP contribution in [0.3, 0.4) is 0 Å². The summed E-state index contributed by atoms with van der Waals surface area (Å²) in [6, 6.07) is 7.37. The molecule has 1 fully saturated rings. The lowest BCUT2D eigenvalue weighted by Gasteiger charge is -2.33. The van der Waals surface area contributed by atoms with Crippen LogP contribution in [0, 0.1) is 11.8 Å². The number of halogens is 1. The molecule has 0 amide bonds. The van der Waals surface area contributed by atoms with Crippen LogP contribution in [0.2, 0.25) is 5.02 Å². The molecule has 1 heterocycles. The Labute approximate surface area is 126 Å². The van der Waals surface area contributed by atoms with Gasteiger partial charge in [0.05, 0.1) is 18.1 Å². The van der Waals surface area contributed by atoms with E-state index in [0.717, 1.165) is 31.5 Å². The normalized spacial score (nSPS) is 28.1. The van der Waals surface area contributed by atoms with Crippen molar-refractivity contribution in [3.63, 3.8) is 0 Å². The molecule has 0 aromatic heterocycles. The van der Waals surface area contributed by atoms with Crippen LogP contribution in [-0.4, -0.2) is 37.5 Å². The van der Waals surface area contributed by atoms with Crippen LogP contribution in [0.1, 0.15) is 20.3 Å². The minimum absolute atomic E-state index is 0.302. The highest BCUT2D eigenvalue weighted by Crippen LogP contribution is 2.23. The van der Waals surface area contributed by atoms with E-state index in [4.69, 9.17) is 16.3 Å². The number of ether oxygens (including phenoxy) is 1. The fraction of sp³-hybridized carbons (Fsp3) is 0.625. The van der Waals surface area contributed by atoms with Crippen LogP contribution in [0.25, 0.3) is 0 Å². The Hall–Kier alpha value is -0.770. The highest BCUT2D eigenvalue weighted by Gasteiger charge is 2.26. The second-order valence-electron chi connectivity index (χ2n) is 6.20. The number of para-hydroxylation sites is 1. The Bertz CT molecular complexity index is 417. The first-order valence-electron chi connectivity index (χ1n) is 7.43. The van der Waals surface area contributed by atoms with Gasteiger partial charge in [-0.25, -0.2) is 0 Å². The molecule has 4 atom stereocenters. The molecule has 1 aliphatic rings. The van der Waals surface area contributed by atoms with Crippen LogP contribution in [0.15, 0.2) is 24.3 Å². The fourth-order valence-electron chi connectivity index (χ4n) is 3.23. The molecule has 1 saturated heterocycles. The average Bonchev–Trinajstić information content (AvgIpc) is 2.36. The molecule has 0 bridgehead atoms. The standard InChI is InChI=1S/C16H24ClNO2/c1-12-7-13(2)9-18(8-12)10-14(19)11-20-16-6-4-3-5-15(16)17/h3-6,12-14,19H,7-11H2,1-2H3/p+1/t12-,13+,14-/m0/s1. The molecule has 0 saturated carbocycles. The van der Waals surface area contributed by atoms with Gasteiger partial charge in [-0.15, -0.1) is 0 Å². The topological polar surface area (TPSA) is 33.9 Å². The van der Waals surface area contributed by atoms with Crippen LogP contribution in [0.4, 0.5) is 0 Å². The van der Waals surface area contributed by atoms with Gasteiger partial charge >= 0.3 is 0 Å². The quantitative estimate of drug-likeness (QED) is 0.866. The molecule has 4 heteroatoms. The zero-order valence-electron chi connectivity index (χ0n) is 12.3. The summed E-state index contributed by atoms with van der Waals surface area (Å²) in [5.74, 6) is 2.12. The van der Waals surface area contributed by atoms with E-state index in [-0.39, 0.29) is 0 Å². The predicted molar refractivity (Wildman–Crippen MR) is 81.5 cm³/mol. The first-order valence-corrected chi connectivity index (χ1v) is 7.81. The number of aliphatic hydroxyl groups is 1. The summed E-state index contributed by atoms with van der Waals surface area (Å²) >= 11 is 6.03. The van der Waals surface area contributed by atoms with Gasteiger partial charge in [-0.3, -0.25) is 0 Å². The minimum atomic E-state index is -0.446. The number of piperidine rings is 1. The summed E-state index contributed by atoms with van der Waals surface area (Å²) in [6.45, 7) is 7.93. The Morgan fingerprint density at radius 2 is 1.95 bits per heavy atom. The van der Waals surface area contributed by atoms with Crippen molar-refractivity contribution in [2.45, 2.75) is 26.4 Å². The van der Waals surface area contributed by atoms with Crippen molar-refractivity contribution in [3.8, 4) is 5.75 Å². The van der Waals surface area contributed by atoms with E-state index in [1.807, 2.05) is 18.2 Å². The summed E-state index contributed by atoms with van der Waals surface area (Å²) in [5.41, 5.74) is 0. The van der Waals surface area contributed by atoms with E-state index in [1.54, 1.807) is 6.07 Å². The second-order valence-corrected chi connectivity index (χ2v) is 6.61. The Morgan fingerprint density at radius 1 is 1.30 bits per heavy atom. The summed E-state index contributed by atoms with van der Waals surface area (Å²) in [7, 11) is 0. The van der Waals surface area contributed by atoms with Gasteiger partial charge in [-0.2, -0.15) is 0 Å². The molecule has 1 aromatic rings. The Morgan fingerprint density at radius 3 is 2.60 bits per heavy atom. The maximum Gasteiger partial charge on any atom is 0.138 e. The molecule has 0 spiro atoms. The predicted octanol–water partition coefficient (Wildman–Crippen LogP) is 1.64. The van der Waals surface area contributed by atoms with Crippen LogP contribution in [0.5, 0.6) is 5.75 Å². The minimum Gasteiger partial charge on any atom is -0.489 e. The Kier molecular flexibility index (Phi) is 5.70. The number of rotatable bonds is 5. The monoisotopic (exact) mass is 298 g/mol. The second kappa shape index (κ2) is 7.30. The number of likely N-dealkylation sites (tertiary alicyclic amines) is 1. The van der Waals surface area contributed by atoms with Crippen molar-refractivity contribution in [1.82, 2.24) is 0 Å². The summed E-state index contributed by atoms with van der Waals surface area (Å²) in [4.78, 5) is 1.48. The molecule has 112 valence electrons. The number of hydrogen-bond acceptors (Lipinski definition) is 2. The van der Waals surface area contributed by atoms with Crippen molar-refractivity contribution in [3.05, 3.63) is 29.3 Å².